The fourth-order valence-electron chi connectivity index (χ4n) is 4.29. The number of amides is 1. The fourth-order valence-corrected chi connectivity index (χ4v) is 4.29. The van der Waals surface area contributed by atoms with E-state index in [4.69, 9.17) is 0 Å². The van der Waals surface area contributed by atoms with Crippen molar-refractivity contribution in [3.8, 4) is 0 Å². The van der Waals surface area contributed by atoms with Gasteiger partial charge in [-0.15, -0.1) is 0 Å². The lowest BCUT2D eigenvalue weighted by atomic mass is 9.69. The van der Waals surface area contributed by atoms with Crippen LogP contribution in [0.2, 0.25) is 0 Å². The van der Waals surface area contributed by atoms with E-state index in [1.54, 1.807) is 0 Å². The van der Waals surface area contributed by atoms with Crippen LogP contribution in [0.25, 0.3) is 0 Å². The molecule has 0 radical (unpaired) electrons. The van der Waals surface area contributed by atoms with Gasteiger partial charge >= 0.3 is 5.97 Å². The van der Waals surface area contributed by atoms with Crippen LogP contribution in [0.5, 0.6) is 0 Å². The predicted molar refractivity (Wildman–Crippen MR) is 116 cm³/mol. The smallest absolute Gasteiger partial charge is 0.307 e. The maximum absolute atomic E-state index is 13.0. The third kappa shape index (κ3) is 4.78. The SMILES string of the molecule is CNc1ccc(C2CCCC(C(=O)Nc3ccc(C(C)C)cc3)C2C(=O)O)cc1. The van der Waals surface area contributed by atoms with Crippen molar-refractivity contribution in [3.05, 3.63) is 59.7 Å². The summed E-state index contributed by atoms with van der Waals surface area (Å²) in [6.45, 7) is 4.24. The van der Waals surface area contributed by atoms with E-state index in [-0.39, 0.29) is 11.8 Å². The molecule has 3 unspecified atom stereocenters. The summed E-state index contributed by atoms with van der Waals surface area (Å²) in [6, 6.07) is 15.6. The molecule has 3 N–H and O–H groups in total. The molecule has 0 aliphatic heterocycles. The van der Waals surface area contributed by atoms with E-state index >= 15 is 0 Å². The monoisotopic (exact) mass is 394 g/mol. The van der Waals surface area contributed by atoms with Crippen molar-refractivity contribution in [2.24, 2.45) is 11.8 Å². The van der Waals surface area contributed by atoms with Crippen molar-refractivity contribution < 1.29 is 14.7 Å². The van der Waals surface area contributed by atoms with Crippen LogP contribution in [0.4, 0.5) is 11.4 Å². The van der Waals surface area contributed by atoms with E-state index in [9.17, 15) is 14.7 Å². The molecule has 2 aromatic carbocycles. The minimum Gasteiger partial charge on any atom is -0.481 e. The van der Waals surface area contributed by atoms with Gasteiger partial charge in [-0.1, -0.05) is 44.5 Å². The molecule has 1 aliphatic carbocycles. The summed E-state index contributed by atoms with van der Waals surface area (Å²) in [5.41, 5.74) is 3.88. The average Bonchev–Trinajstić information content (AvgIpc) is 2.73. The maximum atomic E-state index is 13.0. The summed E-state index contributed by atoms with van der Waals surface area (Å²) >= 11 is 0. The fraction of sp³-hybridized carbons (Fsp3) is 0.417. The van der Waals surface area contributed by atoms with E-state index in [0.29, 0.717) is 18.0 Å². The number of nitrogens with one attached hydrogen (secondary N) is 2. The lowest BCUT2D eigenvalue weighted by Crippen LogP contribution is -2.40. The Hall–Kier alpha value is -2.82. The summed E-state index contributed by atoms with van der Waals surface area (Å²) in [5, 5.41) is 16.0. The number of carboxylic acids is 1. The Balaban J connectivity index is 1.79. The minimum atomic E-state index is -0.900. The van der Waals surface area contributed by atoms with Gasteiger partial charge in [0.05, 0.1) is 11.8 Å². The van der Waals surface area contributed by atoms with Crippen LogP contribution in [-0.2, 0) is 9.59 Å². The summed E-state index contributed by atoms with van der Waals surface area (Å²) < 4.78 is 0. The average molecular weight is 395 g/mol. The van der Waals surface area contributed by atoms with Gasteiger partial charge in [0.25, 0.3) is 0 Å². The van der Waals surface area contributed by atoms with Crippen molar-refractivity contribution in [2.45, 2.75) is 44.9 Å². The van der Waals surface area contributed by atoms with Crippen LogP contribution in [-0.4, -0.2) is 24.0 Å². The van der Waals surface area contributed by atoms with Gasteiger partial charge in [0.15, 0.2) is 0 Å². The summed E-state index contributed by atoms with van der Waals surface area (Å²) in [6.07, 6.45) is 2.22. The van der Waals surface area contributed by atoms with Crippen molar-refractivity contribution in [1.29, 1.82) is 0 Å². The molecular formula is C24H30N2O3. The first-order valence-corrected chi connectivity index (χ1v) is 10.3. The molecule has 154 valence electrons. The van der Waals surface area contributed by atoms with E-state index in [1.165, 1.54) is 5.56 Å². The van der Waals surface area contributed by atoms with Gasteiger partial charge in [-0.2, -0.15) is 0 Å². The first kappa shape index (κ1) is 20.9. The van der Waals surface area contributed by atoms with Gasteiger partial charge in [-0.25, -0.2) is 0 Å². The second-order valence-electron chi connectivity index (χ2n) is 8.15. The lowest BCUT2D eigenvalue weighted by molar-refractivity contribution is -0.148. The molecule has 2 aromatic rings. The molecule has 0 bridgehead atoms. The summed E-state index contributed by atoms with van der Waals surface area (Å²) in [7, 11) is 1.85. The zero-order chi connectivity index (χ0) is 21.0. The first-order valence-electron chi connectivity index (χ1n) is 10.3. The maximum Gasteiger partial charge on any atom is 0.307 e. The Labute approximate surface area is 172 Å². The van der Waals surface area contributed by atoms with Crippen molar-refractivity contribution in [3.63, 3.8) is 0 Å². The largest absolute Gasteiger partial charge is 0.481 e. The van der Waals surface area contributed by atoms with Crippen molar-refractivity contribution in [2.75, 3.05) is 17.7 Å². The van der Waals surface area contributed by atoms with E-state index in [0.717, 1.165) is 24.1 Å². The number of benzene rings is 2. The van der Waals surface area contributed by atoms with Gasteiger partial charge < -0.3 is 15.7 Å². The van der Waals surface area contributed by atoms with Gasteiger partial charge in [0.2, 0.25) is 5.91 Å². The van der Waals surface area contributed by atoms with Crippen molar-refractivity contribution in [1.82, 2.24) is 0 Å². The minimum absolute atomic E-state index is 0.161. The zero-order valence-electron chi connectivity index (χ0n) is 17.3. The van der Waals surface area contributed by atoms with E-state index in [2.05, 4.69) is 24.5 Å². The van der Waals surface area contributed by atoms with Crippen LogP contribution < -0.4 is 10.6 Å². The van der Waals surface area contributed by atoms with E-state index in [1.807, 2.05) is 55.6 Å². The van der Waals surface area contributed by atoms with Crippen LogP contribution in [0.3, 0.4) is 0 Å². The van der Waals surface area contributed by atoms with Gasteiger partial charge in [0.1, 0.15) is 0 Å². The van der Waals surface area contributed by atoms with E-state index < -0.39 is 17.8 Å². The second kappa shape index (κ2) is 9.12. The third-order valence-corrected chi connectivity index (χ3v) is 5.99. The normalized spacial score (nSPS) is 21.6. The number of aliphatic carboxylic acids is 1. The highest BCUT2D eigenvalue weighted by molar-refractivity contribution is 5.95. The van der Waals surface area contributed by atoms with Crippen LogP contribution in [0, 0.1) is 11.8 Å². The molecule has 0 aromatic heterocycles. The topological polar surface area (TPSA) is 78.4 Å². The molecule has 1 saturated carbocycles. The highest BCUT2D eigenvalue weighted by Gasteiger charge is 2.42. The number of rotatable bonds is 6. The number of hydrogen-bond acceptors (Lipinski definition) is 3. The molecule has 1 amide bonds. The molecule has 0 spiro atoms. The molecule has 3 atom stereocenters. The van der Waals surface area contributed by atoms with Gasteiger partial charge in [-0.05, 0) is 60.1 Å². The summed E-state index contributed by atoms with van der Waals surface area (Å²) in [4.78, 5) is 25.1. The Morgan fingerprint density at radius 2 is 1.59 bits per heavy atom. The molecule has 0 heterocycles. The Morgan fingerprint density at radius 1 is 0.966 bits per heavy atom. The van der Waals surface area contributed by atoms with Crippen molar-refractivity contribution >= 4 is 23.3 Å². The quantitative estimate of drug-likeness (QED) is 0.639. The van der Waals surface area contributed by atoms with Crippen LogP contribution in [0.1, 0.15) is 56.1 Å². The lowest BCUT2D eigenvalue weighted by Gasteiger charge is -2.35. The number of carbonyl (C=O) groups excluding carboxylic acids is 1. The zero-order valence-corrected chi connectivity index (χ0v) is 17.3. The Kier molecular flexibility index (Phi) is 6.57. The third-order valence-electron chi connectivity index (χ3n) is 5.99. The molecule has 1 fully saturated rings. The highest BCUT2D eigenvalue weighted by Crippen LogP contribution is 2.42. The number of anilines is 2. The molecular weight excluding hydrogens is 364 g/mol. The first-order chi connectivity index (χ1) is 13.9. The molecule has 29 heavy (non-hydrogen) atoms. The highest BCUT2D eigenvalue weighted by atomic mass is 16.4. The molecule has 0 saturated heterocycles. The standard InChI is InChI=1S/C24H30N2O3/c1-15(2)16-7-13-19(14-8-16)26-23(27)21-6-4-5-20(22(21)24(28)29)17-9-11-18(25-3)12-10-17/h7-15,20-22,25H,4-6H2,1-3H3,(H,26,27)(H,28,29). The number of carbonyl (C=O) groups is 2. The number of hydrogen-bond donors (Lipinski definition) is 3. The van der Waals surface area contributed by atoms with Gasteiger partial charge in [0, 0.05) is 18.4 Å². The Morgan fingerprint density at radius 3 is 2.14 bits per heavy atom. The molecule has 5 nitrogen and oxygen atoms in total. The molecule has 5 heteroatoms. The molecule has 3 rings (SSSR count). The molecule has 1 aliphatic rings. The van der Waals surface area contributed by atoms with Crippen LogP contribution >= 0.6 is 0 Å². The summed E-state index contributed by atoms with van der Waals surface area (Å²) in [5.74, 6) is -2.11. The van der Waals surface area contributed by atoms with Crippen LogP contribution in [0.15, 0.2) is 48.5 Å². The second-order valence-corrected chi connectivity index (χ2v) is 8.15. The number of carboxylic acid groups (broad SMARTS) is 1. The van der Waals surface area contributed by atoms with Gasteiger partial charge in [-0.3, -0.25) is 9.59 Å². The Bertz CT molecular complexity index is 843. The predicted octanol–water partition coefficient (Wildman–Crippen LogP) is 5.07.